The first-order valence-corrected chi connectivity index (χ1v) is 14.6. The summed E-state index contributed by atoms with van der Waals surface area (Å²) < 4.78 is 27.0. The fourth-order valence-electron chi connectivity index (χ4n) is 5.30. The number of carbonyl (C=O) groups is 3. The van der Waals surface area contributed by atoms with E-state index in [-0.39, 0.29) is 35.4 Å². The Morgan fingerprint density at radius 2 is 1.46 bits per heavy atom. The summed E-state index contributed by atoms with van der Waals surface area (Å²) in [7, 11) is -4.18. The highest BCUT2D eigenvalue weighted by atomic mass is 32.2. The molecule has 1 aliphatic carbocycles. The van der Waals surface area contributed by atoms with Crippen LogP contribution in [0.1, 0.15) is 47.2 Å². The van der Waals surface area contributed by atoms with E-state index in [1.54, 1.807) is 12.1 Å². The van der Waals surface area contributed by atoms with Crippen LogP contribution in [-0.2, 0) is 32.6 Å². The van der Waals surface area contributed by atoms with Gasteiger partial charge in [0.15, 0.2) is 0 Å². The predicted molar refractivity (Wildman–Crippen MR) is 146 cm³/mol. The third-order valence-electron chi connectivity index (χ3n) is 7.36. The molecule has 3 aromatic rings. The van der Waals surface area contributed by atoms with E-state index in [0.717, 1.165) is 36.8 Å². The lowest BCUT2D eigenvalue weighted by molar-refractivity contribution is -0.141. The zero-order chi connectivity index (χ0) is 27.4. The lowest BCUT2D eigenvalue weighted by Crippen LogP contribution is -2.54. The normalized spacial score (nSPS) is 17.0. The number of benzene rings is 3. The van der Waals surface area contributed by atoms with Crippen molar-refractivity contribution in [2.24, 2.45) is 0 Å². The Labute approximate surface area is 228 Å². The number of rotatable bonds is 9. The van der Waals surface area contributed by atoms with Crippen LogP contribution in [0.15, 0.2) is 89.8 Å². The maximum absolute atomic E-state index is 13.9. The second-order valence-electron chi connectivity index (χ2n) is 10.0. The van der Waals surface area contributed by atoms with Gasteiger partial charge in [-0.05, 0) is 36.1 Å². The highest BCUT2D eigenvalue weighted by Crippen LogP contribution is 2.30. The molecule has 0 saturated heterocycles. The SMILES string of the molecule is O=C(NC1CCCC1)[C@H](Cc1ccccc1)N(Cc1ccccc1)C(=O)CN1C(=O)c2ccccc2S1(=O)=O. The quantitative estimate of drug-likeness (QED) is 0.443. The molecule has 0 spiro atoms. The summed E-state index contributed by atoms with van der Waals surface area (Å²) in [5.74, 6) is -1.64. The minimum atomic E-state index is -4.18. The summed E-state index contributed by atoms with van der Waals surface area (Å²) >= 11 is 0. The van der Waals surface area contributed by atoms with Crippen LogP contribution in [0.5, 0.6) is 0 Å². The Morgan fingerprint density at radius 1 is 0.872 bits per heavy atom. The highest BCUT2D eigenvalue weighted by Gasteiger charge is 2.43. The molecule has 0 bridgehead atoms. The zero-order valence-electron chi connectivity index (χ0n) is 21.5. The van der Waals surface area contributed by atoms with Crippen LogP contribution in [-0.4, -0.2) is 54.0 Å². The van der Waals surface area contributed by atoms with E-state index in [2.05, 4.69) is 5.32 Å². The second-order valence-corrected chi connectivity index (χ2v) is 11.8. The number of sulfonamides is 1. The van der Waals surface area contributed by atoms with Crippen LogP contribution < -0.4 is 5.32 Å². The molecule has 0 aromatic heterocycles. The molecule has 0 radical (unpaired) electrons. The predicted octanol–water partition coefficient (Wildman–Crippen LogP) is 3.53. The van der Waals surface area contributed by atoms with Crippen LogP contribution in [0.3, 0.4) is 0 Å². The number of hydrogen-bond donors (Lipinski definition) is 1. The number of nitrogens with one attached hydrogen (secondary N) is 1. The number of hydrogen-bond acceptors (Lipinski definition) is 5. The van der Waals surface area contributed by atoms with Gasteiger partial charge in [-0.1, -0.05) is 85.6 Å². The molecule has 1 fully saturated rings. The maximum Gasteiger partial charge on any atom is 0.269 e. The van der Waals surface area contributed by atoms with E-state index in [9.17, 15) is 22.8 Å². The summed E-state index contributed by atoms with van der Waals surface area (Å²) in [5, 5.41) is 3.12. The Morgan fingerprint density at radius 3 is 2.10 bits per heavy atom. The summed E-state index contributed by atoms with van der Waals surface area (Å²) in [6.07, 6.45) is 4.09. The van der Waals surface area contributed by atoms with Gasteiger partial charge in [0, 0.05) is 19.0 Å². The van der Waals surface area contributed by atoms with Crippen LogP contribution in [0, 0.1) is 0 Å². The lowest BCUT2D eigenvalue weighted by atomic mass is 10.0. The van der Waals surface area contributed by atoms with Gasteiger partial charge in [-0.2, -0.15) is 0 Å². The molecule has 202 valence electrons. The average molecular weight is 546 g/mol. The Kier molecular flexibility index (Phi) is 7.79. The number of nitrogens with zero attached hydrogens (tertiary/aromatic N) is 2. The summed E-state index contributed by atoms with van der Waals surface area (Å²) in [6, 6.07) is 23.7. The number of fused-ring (bicyclic) bond motifs is 1. The molecule has 3 amide bonds. The van der Waals surface area contributed by atoms with Crippen LogP contribution in [0.4, 0.5) is 0 Å². The number of amides is 3. The van der Waals surface area contributed by atoms with E-state index in [1.165, 1.54) is 17.0 Å². The molecule has 5 rings (SSSR count). The van der Waals surface area contributed by atoms with Crippen molar-refractivity contribution in [2.75, 3.05) is 6.54 Å². The van der Waals surface area contributed by atoms with Crippen LogP contribution in [0.2, 0.25) is 0 Å². The molecule has 9 heteroatoms. The molecular weight excluding hydrogens is 514 g/mol. The molecule has 1 saturated carbocycles. The van der Waals surface area contributed by atoms with Gasteiger partial charge in [-0.25, -0.2) is 12.7 Å². The van der Waals surface area contributed by atoms with Crippen molar-refractivity contribution in [3.05, 3.63) is 102 Å². The fourth-order valence-corrected chi connectivity index (χ4v) is 6.82. The van der Waals surface area contributed by atoms with Gasteiger partial charge in [0.1, 0.15) is 17.5 Å². The molecule has 1 N–H and O–H groups in total. The first-order valence-electron chi connectivity index (χ1n) is 13.2. The van der Waals surface area contributed by atoms with E-state index in [0.29, 0.717) is 4.31 Å². The second kappa shape index (κ2) is 11.4. The number of carbonyl (C=O) groups excluding carboxylic acids is 3. The van der Waals surface area contributed by atoms with Gasteiger partial charge in [0.25, 0.3) is 15.9 Å². The fraction of sp³-hybridized carbons (Fsp3) is 0.300. The van der Waals surface area contributed by atoms with Crippen molar-refractivity contribution in [3.63, 3.8) is 0 Å². The first-order chi connectivity index (χ1) is 18.8. The van der Waals surface area contributed by atoms with Crippen molar-refractivity contribution >= 4 is 27.7 Å². The molecule has 39 heavy (non-hydrogen) atoms. The van der Waals surface area contributed by atoms with E-state index < -0.39 is 34.4 Å². The van der Waals surface area contributed by atoms with Gasteiger partial charge in [0.05, 0.1) is 5.56 Å². The van der Waals surface area contributed by atoms with Gasteiger partial charge in [0.2, 0.25) is 11.8 Å². The van der Waals surface area contributed by atoms with E-state index >= 15 is 0 Å². The molecule has 3 aromatic carbocycles. The van der Waals surface area contributed by atoms with Crippen molar-refractivity contribution < 1.29 is 22.8 Å². The third kappa shape index (κ3) is 5.73. The van der Waals surface area contributed by atoms with Gasteiger partial charge >= 0.3 is 0 Å². The molecule has 8 nitrogen and oxygen atoms in total. The van der Waals surface area contributed by atoms with Crippen LogP contribution in [0.25, 0.3) is 0 Å². The molecule has 1 heterocycles. The molecule has 2 aliphatic rings. The first kappa shape index (κ1) is 26.6. The summed E-state index contributed by atoms with van der Waals surface area (Å²) in [4.78, 5) is 42.0. The van der Waals surface area contributed by atoms with E-state index in [4.69, 9.17) is 0 Å². The van der Waals surface area contributed by atoms with Gasteiger partial charge in [-0.3, -0.25) is 14.4 Å². The smallest absolute Gasteiger partial charge is 0.269 e. The largest absolute Gasteiger partial charge is 0.352 e. The highest BCUT2D eigenvalue weighted by molar-refractivity contribution is 7.90. The topological polar surface area (TPSA) is 104 Å². The lowest BCUT2D eigenvalue weighted by Gasteiger charge is -2.33. The van der Waals surface area contributed by atoms with Crippen molar-refractivity contribution in [1.82, 2.24) is 14.5 Å². The van der Waals surface area contributed by atoms with Crippen LogP contribution >= 0.6 is 0 Å². The monoisotopic (exact) mass is 545 g/mol. The Balaban J connectivity index is 1.48. The summed E-state index contributed by atoms with van der Waals surface area (Å²) in [6.45, 7) is -0.602. The van der Waals surface area contributed by atoms with Crippen molar-refractivity contribution in [2.45, 2.75) is 55.6 Å². The third-order valence-corrected chi connectivity index (χ3v) is 9.15. The Hall–Kier alpha value is -3.98. The minimum Gasteiger partial charge on any atom is -0.352 e. The molecule has 0 unspecified atom stereocenters. The molecule has 1 aliphatic heterocycles. The van der Waals surface area contributed by atoms with Crippen molar-refractivity contribution in [3.8, 4) is 0 Å². The van der Waals surface area contributed by atoms with Gasteiger partial charge < -0.3 is 10.2 Å². The maximum atomic E-state index is 13.9. The minimum absolute atomic E-state index is 0.0412. The van der Waals surface area contributed by atoms with Gasteiger partial charge in [-0.15, -0.1) is 0 Å². The molecular formula is C30H31N3O5S. The van der Waals surface area contributed by atoms with Crippen molar-refractivity contribution in [1.29, 1.82) is 0 Å². The Bertz CT molecular complexity index is 1450. The average Bonchev–Trinajstić information content (AvgIpc) is 3.53. The molecule has 1 atom stereocenters. The summed E-state index contributed by atoms with van der Waals surface area (Å²) in [5.41, 5.74) is 1.70. The zero-order valence-corrected chi connectivity index (χ0v) is 22.3. The van der Waals surface area contributed by atoms with E-state index in [1.807, 2.05) is 60.7 Å². The standard InChI is InChI=1S/C30H31N3O5S/c34-28(21-33-30(36)25-17-9-10-18-27(25)39(33,37)38)32(20-23-13-5-2-6-14-23)26(19-22-11-3-1-4-12-22)29(35)31-24-15-7-8-16-24/h1-6,9-14,17-18,24,26H,7-8,15-16,19-21H2,(H,31,35)/t26-/m0/s1.